The predicted molar refractivity (Wildman–Crippen MR) is 73.9 cm³/mol. The van der Waals surface area contributed by atoms with Gasteiger partial charge >= 0.3 is 0 Å². The third kappa shape index (κ3) is 3.52. The van der Waals surface area contributed by atoms with Gasteiger partial charge in [0.2, 0.25) is 10.0 Å². The Morgan fingerprint density at radius 2 is 2.05 bits per heavy atom. The molecule has 1 N–H and O–H groups in total. The van der Waals surface area contributed by atoms with Crippen LogP contribution in [0.3, 0.4) is 0 Å². The van der Waals surface area contributed by atoms with Crippen molar-refractivity contribution in [3.8, 4) is 0 Å². The zero-order valence-corrected chi connectivity index (χ0v) is 12.6. The van der Waals surface area contributed by atoms with E-state index in [4.69, 9.17) is 0 Å². The summed E-state index contributed by atoms with van der Waals surface area (Å²) < 4.78 is 39.7. The predicted octanol–water partition coefficient (Wildman–Crippen LogP) is 1.96. The van der Waals surface area contributed by atoms with Crippen molar-refractivity contribution >= 4 is 10.0 Å². The van der Waals surface area contributed by atoms with Gasteiger partial charge in [-0.05, 0) is 38.1 Å². The highest BCUT2D eigenvalue weighted by Crippen LogP contribution is 2.22. The van der Waals surface area contributed by atoms with Crippen molar-refractivity contribution < 1.29 is 12.8 Å². The molecule has 0 radical (unpaired) electrons. The molecule has 0 fully saturated rings. The summed E-state index contributed by atoms with van der Waals surface area (Å²) in [6.45, 7) is 4.12. The Labute approximate surface area is 114 Å². The third-order valence-corrected chi connectivity index (χ3v) is 5.32. The quantitative estimate of drug-likeness (QED) is 0.870. The smallest absolute Gasteiger partial charge is 0.243 e. The number of hydrogen-bond acceptors (Lipinski definition) is 3. The topological polar surface area (TPSA) is 49.4 Å². The first-order valence-corrected chi connectivity index (χ1v) is 7.69. The normalized spacial score (nSPS) is 13.8. The lowest BCUT2D eigenvalue weighted by Crippen LogP contribution is -2.35. The molecule has 1 unspecified atom stereocenters. The highest BCUT2D eigenvalue weighted by atomic mass is 32.2. The summed E-state index contributed by atoms with van der Waals surface area (Å²) in [7, 11) is -0.427. The summed E-state index contributed by atoms with van der Waals surface area (Å²) in [6, 6.07) is 3.73. The molecule has 0 aromatic heterocycles. The van der Waals surface area contributed by atoms with E-state index in [-0.39, 0.29) is 10.9 Å². The first-order chi connectivity index (χ1) is 8.84. The van der Waals surface area contributed by atoms with Crippen molar-refractivity contribution in [3.05, 3.63) is 29.6 Å². The van der Waals surface area contributed by atoms with Crippen LogP contribution in [-0.4, -0.2) is 32.9 Å². The maximum absolute atomic E-state index is 13.4. The van der Waals surface area contributed by atoms with Gasteiger partial charge in [-0.15, -0.1) is 0 Å². The first-order valence-electron chi connectivity index (χ1n) is 6.25. The van der Waals surface area contributed by atoms with Gasteiger partial charge in [-0.3, -0.25) is 0 Å². The molecule has 1 aromatic rings. The van der Waals surface area contributed by atoms with E-state index in [1.807, 2.05) is 13.8 Å². The van der Waals surface area contributed by atoms with Gasteiger partial charge < -0.3 is 5.32 Å². The second-order valence-corrected chi connectivity index (χ2v) is 6.53. The van der Waals surface area contributed by atoms with Crippen LogP contribution in [0.4, 0.5) is 4.39 Å². The zero-order chi connectivity index (χ0) is 14.6. The third-order valence-electron chi connectivity index (χ3n) is 3.27. The molecule has 0 aliphatic rings. The van der Waals surface area contributed by atoms with E-state index >= 15 is 0 Å². The van der Waals surface area contributed by atoms with Gasteiger partial charge in [-0.1, -0.05) is 13.0 Å². The largest absolute Gasteiger partial charge is 0.316 e. The summed E-state index contributed by atoms with van der Waals surface area (Å²) in [5.74, 6) is -0.545. The molecule has 0 saturated heterocycles. The molecule has 6 heteroatoms. The molecule has 0 heterocycles. The Morgan fingerprint density at radius 3 is 2.58 bits per heavy atom. The molecule has 0 bridgehead atoms. The van der Waals surface area contributed by atoms with Gasteiger partial charge in [0.15, 0.2) is 0 Å². The molecular formula is C13H21FN2O2S. The Balaban J connectivity index is 3.30. The van der Waals surface area contributed by atoms with Gasteiger partial charge in [-0.2, -0.15) is 4.31 Å². The van der Waals surface area contributed by atoms with E-state index in [0.717, 1.165) is 6.07 Å². The molecule has 1 atom stereocenters. The fraction of sp³-hybridized carbons (Fsp3) is 0.538. The Hall–Kier alpha value is -0.980. The monoisotopic (exact) mass is 288 g/mol. The molecule has 1 aromatic carbocycles. The number of hydrogen-bond donors (Lipinski definition) is 1. The van der Waals surface area contributed by atoms with E-state index in [2.05, 4.69) is 5.32 Å². The lowest BCUT2D eigenvalue weighted by atomic mass is 10.2. The van der Waals surface area contributed by atoms with E-state index in [0.29, 0.717) is 18.5 Å². The van der Waals surface area contributed by atoms with Gasteiger partial charge in [-0.25, -0.2) is 12.8 Å². The van der Waals surface area contributed by atoms with E-state index in [9.17, 15) is 12.8 Å². The van der Waals surface area contributed by atoms with Crippen molar-refractivity contribution in [3.63, 3.8) is 0 Å². The molecule has 0 amide bonds. The van der Waals surface area contributed by atoms with E-state index in [1.54, 1.807) is 7.05 Å². The second kappa shape index (κ2) is 6.45. The molecule has 108 valence electrons. The van der Waals surface area contributed by atoms with Gasteiger partial charge in [0.1, 0.15) is 5.82 Å². The SMILES string of the molecule is CCC(C)N(C)S(=O)(=O)c1cc(F)ccc1CNC. The summed E-state index contributed by atoms with van der Waals surface area (Å²) in [5.41, 5.74) is 0.569. The van der Waals surface area contributed by atoms with Crippen LogP contribution >= 0.6 is 0 Å². The van der Waals surface area contributed by atoms with Crippen molar-refractivity contribution in [2.45, 2.75) is 37.8 Å². The highest BCUT2D eigenvalue weighted by molar-refractivity contribution is 7.89. The Kier molecular flexibility index (Phi) is 5.46. The second-order valence-electron chi connectivity index (χ2n) is 4.56. The lowest BCUT2D eigenvalue weighted by Gasteiger charge is -2.24. The minimum absolute atomic E-state index is 0.0321. The molecular weight excluding hydrogens is 267 g/mol. The summed E-state index contributed by atoms with van der Waals surface area (Å²) in [4.78, 5) is 0.0321. The Morgan fingerprint density at radius 1 is 1.42 bits per heavy atom. The maximum atomic E-state index is 13.4. The summed E-state index contributed by atoms with van der Waals surface area (Å²) in [6.07, 6.45) is 0.701. The molecule has 0 spiro atoms. The van der Waals surface area contributed by atoms with Crippen molar-refractivity contribution in [2.24, 2.45) is 0 Å². The molecule has 1 rings (SSSR count). The fourth-order valence-corrected chi connectivity index (χ4v) is 3.42. The van der Waals surface area contributed by atoms with Crippen molar-refractivity contribution in [2.75, 3.05) is 14.1 Å². The molecule has 0 aliphatic carbocycles. The van der Waals surface area contributed by atoms with Crippen LogP contribution in [0.5, 0.6) is 0 Å². The molecule has 0 saturated carbocycles. The number of benzene rings is 1. The Bertz CT molecular complexity index is 531. The van der Waals surface area contributed by atoms with Crippen LogP contribution in [0.2, 0.25) is 0 Å². The maximum Gasteiger partial charge on any atom is 0.243 e. The summed E-state index contributed by atoms with van der Waals surface area (Å²) >= 11 is 0. The highest BCUT2D eigenvalue weighted by Gasteiger charge is 2.27. The van der Waals surface area contributed by atoms with Crippen LogP contribution in [0, 0.1) is 5.82 Å². The molecule has 19 heavy (non-hydrogen) atoms. The first kappa shape index (κ1) is 16.1. The van der Waals surface area contributed by atoms with Gasteiger partial charge in [0, 0.05) is 19.6 Å². The number of halogens is 1. The lowest BCUT2D eigenvalue weighted by molar-refractivity contribution is 0.380. The fourth-order valence-electron chi connectivity index (χ4n) is 1.75. The molecule has 0 aliphatic heterocycles. The van der Waals surface area contributed by atoms with Crippen LogP contribution in [0.15, 0.2) is 23.1 Å². The number of nitrogens with zero attached hydrogens (tertiary/aromatic N) is 1. The number of rotatable bonds is 6. The summed E-state index contributed by atoms with van der Waals surface area (Å²) in [5, 5.41) is 2.89. The molecule has 4 nitrogen and oxygen atoms in total. The standard InChI is InChI=1S/C13H21FN2O2S/c1-5-10(2)16(4)19(17,18)13-8-12(14)7-6-11(13)9-15-3/h6-8,10,15H,5,9H2,1-4H3. The van der Waals surface area contributed by atoms with Crippen molar-refractivity contribution in [1.82, 2.24) is 9.62 Å². The van der Waals surface area contributed by atoms with Crippen LogP contribution < -0.4 is 5.32 Å². The number of sulfonamides is 1. The van der Waals surface area contributed by atoms with Crippen LogP contribution in [0.1, 0.15) is 25.8 Å². The van der Waals surface area contributed by atoms with Crippen molar-refractivity contribution in [1.29, 1.82) is 0 Å². The average Bonchev–Trinajstić information content (AvgIpc) is 2.39. The van der Waals surface area contributed by atoms with Crippen LogP contribution in [-0.2, 0) is 16.6 Å². The van der Waals surface area contributed by atoms with Gasteiger partial charge in [0.05, 0.1) is 4.90 Å². The van der Waals surface area contributed by atoms with Crippen LogP contribution in [0.25, 0.3) is 0 Å². The minimum atomic E-state index is -3.67. The minimum Gasteiger partial charge on any atom is -0.316 e. The average molecular weight is 288 g/mol. The van der Waals surface area contributed by atoms with E-state index < -0.39 is 15.8 Å². The van der Waals surface area contributed by atoms with Gasteiger partial charge in [0.25, 0.3) is 0 Å². The number of nitrogens with one attached hydrogen (secondary N) is 1. The van der Waals surface area contributed by atoms with E-state index in [1.165, 1.54) is 23.5 Å². The zero-order valence-electron chi connectivity index (χ0n) is 11.8.